The summed E-state index contributed by atoms with van der Waals surface area (Å²) in [5.74, 6) is -2.09. The van der Waals surface area contributed by atoms with Crippen LogP contribution in [-0.4, -0.2) is 35.0 Å². The molecule has 0 aliphatic heterocycles. The van der Waals surface area contributed by atoms with Gasteiger partial charge in [-0.05, 0) is 36.6 Å². The lowest BCUT2D eigenvalue weighted by Gasteiger charge is -2.14. The monoisotopic (exact) mass is 305 g/mol. The maximum absolute atomic E-state index is 13.5. The van der Waals surface area contributed by atoms with Crippen molar-refractivity contribution in [1.82, 2.24) is 5.32 Å². The summed E-state index contributed by atoms with van der Waals surface area (Å²) in [5.41, 5.74) is -0.261. The highest BCUT2D eigenvalue weighted by Gasteiger charge is 2.21. The van der Waals surface area contributed by atoms with Crippen molar-refractivity contribution in [3.63, 3.8) is 0 Å². The van der Waals surface area contributed by atoms with E-state index < -0.39 is 23.7 Å². The number of aliphatic carboxylic acids is 1. The molecule has 0 fully saturated rings. The van der Waals surface area contributed by atoms with Crippen LogP contribution in [0.1, 0.15) is 16.8 Å². The van der Waals surface area contributed by atoms with Gasteiger partial charge in [0, 0.05) is 5.02 Å². The largest absolute Gasteiger partial charge is 0.480 e. The number of carbonyl (C=O) groups excluding carboxylic acids is 1. The molecule has 0 aromatic heterocycles. The van der Waals surface area contributed by atoms with E-state index in [-0.39, 0.29) is 17.0 Å². The van der Waals surface area contributed by atoms with E-state index in [2.05, 4.69) is 5.32 Å². The number of rotatable bonds is 6. The Kier molecular flexibility index (Phi) is 6.11. The van der Waals surface area contributed by atoms with Crippen molar-refractivity contribution >= 4 is 35.2 Å². The minimum atomic E-state index is -1.15. The number of carboxylic acids is 1. The molecule has 0 spiro atoms. The molecule has 4 nitrogen and oxygen atoms in total. The van der Waals surface area contributed by atoms with Crippen LogP contribution < -0.4 is 5.32 Å². The zero-order valence-corrected chi connectivity index (χ0v) is 11.7. The normalized spacial score (nSPS) is 11.9. The Hall–Kier alpha value is -1.27. The van der Waals surface area contributed by atoms with E-state index in [0.29, 0.717) is 5.75 Å². The smallest absolute Gasteiger partial charge is 0.326 e. The molecule has 0 saturated carbocycles. The Balaban J connectivity index is 2.81. The Morgan fingerprint density at radius 2 is 2.21 bits per heavy atom. The van der Waals surface area contributed by atoms with Crippen molar-refractivity contribution in [2.45, 2.75) is 12.5 Å². The molecule has 1 aromatic carbocycles. The molecule has 0 aliphatic rings. The second kappa shape index (κ2) is 7.35. The number of benzene rings is 1. The van der Waals surface area contributed by atoms with Crippen molar-refractivity contribution in [2.75, 3.05) is 12.0 Å². The van der Waals surface area contributed by atoms with Gasteiger partial charge in [0.1, 0.15) is 11.9 Å². The Labute approximate surface area is 119 Å². The van der Waals surface area contributed by atoms with Gasteiger partial charge in [-0.25, -0.2) is 9.18 Å². The summed E-state index contributed by atoms with van der Waals surface area (Å²) in [7, 11) is 0. The number of hydrogen-bond acceptors (Lipinski definition) is 3. The van der Waals surface area contributed by atoms with E-state index in [1.54, 1.807) is 0 Å². The lowest BCUT2D eigenvalue weighted by atomic mass is 10.1. The summed E-state index contributed by atoms with van der Waals surface area (Å²) in [6.07, 6.45) is 2.10. The third kappa shape index (κ3) is 4.72. The van der Waals surface area contributed by atoms with Crippen LogP contribution in [0.3, 0.4) is 0 Å². The van der Waals surface area contributed by atoms with Crippen LogP contribution in [-0.2, 0) is 4.79 Å². The van der Waals surface area contributed by atoms with Crippen molar-refractivity contribution in [3.8, 4) is 0 Å². The highest BCUT2D eigenvalue weighted by molar-refractivity contribution is 7.98. The number of thioether (sulfide) groups is 1. The van der Waals surface area contributed by atoms with Gasteiger partial charge >= 0.3 is 5.97 Å². The zero-order valence-electron chi connectivity index (χ0n) is 10.2. The molecule has 0 heterocycles. The van der Waals surface area contributed by atoms with E-state index in [4.69, 9.17) is 16.7 Å². The molecule has 1 atom stereocenters. The molecular formula is C12H13ClFNO3S. The zero-order chi connectivity index (χ0) is 14.4. The lowest BCUT2D eigenvalue weighted by molar-refractivity contribution is -0.139. The van der Waals surface area contributed by atoms with Crippen molar-refractivity contribution < 1.29 is 19.1 Å². The second-order valence-corrected chi connectivity index (χ2v) is 5.19. The SMILES string of the molecule is CSCC[C@H](NC(=O)c1cc(Cl)ccc1F)C(=O)O. The quantitative estimate of drug-likeness (QED) is 0.847. The first-order valence-corrected chi connectivity index (χ1v) is 7.20. The molecule has 0 saturated heterocycles. The van der Waals surface area contributed by atoms with Gasteiger partial charge in [-0.2, -0.15) is 11.8 Å². The predicted octanol–water partition coefficient (Wildman–Crippen LogP) is 2.42. The molecule has 104 valence electrons. The highest BCUT2D eigenvalue weighted by atomic mass is 35.5. The number of amides is 1. The molecule has 1 aromatic rings. The van der Waals surface area contributed by atoms with Crippen LogP contribution in [0.2, 0.25) is 5.02 Å². The first-order valence-electron chi connectivity index (χ1n) is 5.43. The summed E-state index contributed by atoms with van der Waals surface area (Å²) < 4.78 is 13.5. The Morgan fingerprint density at radius 1 is 1.53 bits per heavy atom. The number of carbonyl (C=O) groups is 2. The number of carboxylic acid groups (broad SMARTS) is 1. The summed E-state index contributed by atoms with van der Waals surface area (Å²) in [4.78, 5) is 22.8. The van der Waals surface area contributed by atoms with Crippen molar-refractivity contribution in [1.29, 1.82) is 0 Å². The third-order valence-electron chi connectivity index (χ3n) is 2.39. The first-order chi connectivity index (χ1) is 8.95. The molecule has 1 rings (SSSR count). The standard InChI is InChI=1S/C12H13ClFNO3S/c1-19-5-4-10(12(17)18)15-11(16)8-6-7(13)2-3-9(8)14/h2-3,6,10H,4-5H2,1H3,(H,15,16)(H,17,18)/t10-/m0/s1. The summed E-state index contributed by atoms with van der Waals surface area (Å²) in [6.45, 7) is 0. The molecule has 7 heteroatoms. The molecule has 1 amide bonds. The fraction of sp³-hybridized carbons (Fsp3) is 0.333. The molecule has 19 heavy (non-hydrogen) atoms. The van der Waals surface area contributed by atoms with E-state index in [1.807, 2.05) is 6.26 Å². The topological polar surface area (TPSA) is 66.4 Å². The third-order valence-corrected chi connectivity index (χ3v) is 3.27. The average molecular weight is 306 g/mol. The van der Waals surface area contributed by atoms with Crippen LogP contribution >= 0.6 is 23.4 Å². The average Bonchev–Trinajstić information content (AvgIpc) is 2.36. The second-order valence-electron chi connectivity index (χ2n) is 3.77. The minimum absolute atomic E-state index is 0.211. The van der Waals surface area contributed by atoms with Gasteiger partial charge in [-0.3, -0.25) is 4.79 Å². The van der Waals surface area contributed by atoms with Gasteiger partial charge in [-0.15, -0.1) is 0 Å². The van der Waals surface area contributed by atoms with E-state index in [1.165, 1.54) is 23.9 Å². The summed E-state index contributed by atoms with van der Waals surface area (Å²) >= 11 is 7.14. The van der Waals surface area contributed by atoms with Gasteiger partial charge in [0.05, 0.1) is 5.56 Å². The molecule has 0 aliphatic carbocycles. The van der Waals surface area contributed by atoms with E-state index in [9.17, 15) is 14.0 Å². The molecule has 0 unspecified atom stereocenters. The van der Waals surface area contributed by atoms with Crippen LogP contribution in [0.4, 0.5) is 4.39 Å². The van der Waals surface area contributed by atoms with Gasteiger partial charge in [0.25, 0.3) is 5.91 Å². The molecule has 2 N–H and O–H groups in total. The Bertz CT molecular complexity index is 484. The molecular weight excluding hydrogens is 293 g/mol. The fourth-order valence-corrected chi connectivity index (χ4v) is 2.04. The van der Waals surface area contributed by atoms with Crippen LogP contribution in [0, 0.1) is 5.82 Å². The van der Waals surface area contributed by atoms with Gasteiger partial charge in [-0.1, -0.05) is 11.6 Å². The van der Waals surface area contributed by atoms with Crippen LogP contribution in [0.5, 0.6) is 0 Å². The summed E-state index contributed by atoms with van der Waals surface area (Å²) in [5, 5.41) is 11.5. The van der Waals surface area contributed by atoms with E-state index in [0.717, 1.165) is 6.07 Å². The van der Waals surface area contributed by atoms with Crippen molar-refractivity contribution in [3.05, 3.63) is 34.6 Å². The number of hydrogen-bond donors (Lipinski definition) is 2. The van der Waals surface area contributed by atoms with Crippen LogP contribution in [0.15, 0.2) is 18.2 Å². The van der Waals surface area contributed by atoms with Gasteiger partial charge in [0.15, 0.2) is 0 Å². The molecule has 0 radical (unpaired) electrons. The maximum atomic E-state index is 13.5. The van der Waals surface area contributed by atoms with Crippen LogP contribution in [0.25, 0.3) is 0 Å². The van der Waals surface area contributed by atoms with Gasteiger partial charge < -0.3 is 10.4 Å². The Morgan fingerprint density at radius 3 is 2.79 bits per heavy atom. The maximum Gasteiger partial charge on any atom is 0.326 e. The minimum Gasteiger partial charge on any atom is -0.480 e. The number of nitrogens with one attached hydrogen (secondary N) is 1. The predicted molar refractivity (Wildman–Crippen MR) is 73.3 cm³/mol. The fourth-order valence-electron chi connectivity index (χ4n) is 1.40. The summed E-state index contributed by atoms with van der Waals surface area (Å²) in [6, 6.07) is 2.50. The first kappa shape index (κ1) is 15.8. The van der Waals surface area contributed by atoms with E-state index >= 15 is 0 Å². The van der Waals surface area contributed by atoms with Gasteiger partial charge in [0.2, 0.25) is 0 Å². The van der Waals surface area contributed by atoms with Crippen molar-refractivity contribution in [2.24, 2.45) is 0 Å². The lowest BCUT2D eigenvalue weighted by Crippen LogP contribution is -2.41. The molecule has 0 bridgehead atoms. The highest BCUT2D eigenvalue weighted by Crippen LogP contribution is 2.15. The number of halogens is 2.